The number of pyridine rings is 1. The molecule has 0 N–H and O–H groups in total. The number of benzene rings is 1. The molecule has 0 radical (unpaired) electrons. The quantitative estimate of drug-likeness (QED) is 0.264. The van der Waals surface area contributed by atoms with Gasteiger partial charge >= 0.3 is 0 Å². The zero-order chi connectivity index (χ0) is 20.4. The lowest BCUT2D eigenvalue weighted by atomic mass is 10.0. The van der Waals surface area contributed by atoms with Crippen LogP contribution in [0.3, 0.4) is 0 Å². The molecule has 3 nitrogen and oxygen atoms in total. The molecule has 0 aliphatic heterocycles. The van der Waals surface area contributed by atoms with Crippen molar-refractivity contribution in [3.05, 3.63) is 59.2 Å². The summed E-state index contributed by atoms with van der Waals surface area (Å²) in [6.45, 7) is 4.32. The van der Waals surface area contributed by atoms with Crippen LogP contribution >= 0.6 is 11.3 Å². The third-order valence-electron chi connectivity index (χ3n) is 5.61. The van der Waals surface area contributed by atoms with Gasteiger partial charge in [-0.05, 0) is 55.0 Å². The van der Waals surface area contributed by atoms with Gasteiger partial charge in [0, 0.05) is 22.9 Å². The van der Waals surface area contributed by atoms with Crippen molar-refractivity contribution in [1.82, 2.24) is 9.78 Å². The number of hydrogen-bond acceptors (Lipinski definition) is 2. The van der Waals surface area contributed by atoms with Gasteiger partial charge in [0.2, 0.25) is 5.69 Å². The predicted octanol–water partition coefficient (Wildman–Crippen LogP) is 6.22. The van der Waals surface area contributed by atoms with E-state index in [1.165, 1.54) is 63.9 Å². The molecule has 150 valence electrons. The van der Waals surface area contributed by atoms with Crippen molar-refractivity contribution in [1.29, 1.82) is 0 Å². The molecule has 3 heterocycles. The number of aryl methyl sites for hydroxylation is 4. The summed E-state index contributed by atoms with van der Waals surface area (Å²) in [5.41, 5.74) is 4.70. The second-order valence-electron chi connectivity index (χ2n) is 7.95. The normalized spacial score (nSPS) is 11.4. The highest BCUT2D eigenvalue weighted by molar-refractivity contribution is 7.15. The lowest BCUT2D eigenvalue weighted by Crippen LogP contribution is -2.31. The molecule has 0 spiro atoms. The molecule has 0 bridgehead atoms. The Morgan fingerprint density at radius 3 is 2.66 bits per heavy atom. The summed E-state index contributed by atoms with van der Waals surface area (Å²) >= 11 is 1.94. The Morgan fingerprint density at radius 1 is 1.03 bits per heavy atom. The van der Waals surface area contributed by atoms with Gasteiger partial charge in [0.25, 0.3) is 0 Å². The molecule has 0 aliphatic rings. The molecule has 3 aromatic heterocycles. The Balaban J connectivity index is 1.72. The van der Waals surface area contributed by atoms with Gasteiger partial charge in [-0.2, -0.15) is 9.67 Å². The number of fused-ring (bicyclic) bond motifs is 1. The first-order chi connectivity index (χ1) is 14.1. The SMILES string of the molecule is CCCCCCc1ccc(-c2ccc3cc[n+](C)c(-c4cc(C)nn4C)c3c2)s1. The van der Waals surface area contributed by atoms with Crippen molar-refractivity contribution in [2.24, 2.45) is 14.1 Å². The Morgan fingerprint density at radius 2 is 1.90 bits per heavy atom. The minimum absolute atomic E-state index is 1.04. The van der Waals surface area contributed by atoms with E-state index in [0.29, 0.717) is 0 Å². The van der Waals surface area contributed by atoms with Gasteiger partial charge in [-0.15, -0.1) is 11.3 Å². The summed E-state index contributed by atoms with van der Waals surface area (Å²) in [5.74, 6) is 0. The molecule has 0 atom stereocenters. The summed E-state index contributed by atoms with van der Waals surface area (Å²) < 4.78 is 4.19. The Labute approximate surface area is 177 Å². The first-order valence-corrected chi connectivity index (χ1v) is 11.4. The topological polar surface area (TPSA) is 21.7 Å². The van der Waals surface area contributed by atoms with Crippen LogP contribution in [0.4, 0.5) is 0 Å². The fraction of sp³-hybridized carbons (Fsp3) is 0.360. The smallest absolute Gasteiger partial charge is 0.238 e. The van der Waals surface area contributed by atoms with Crippen molar-refractivity contribution in [2.75, 3.05) is 0 Å². The number of hydrogen-bond donors (Lipinski definition) is 0. The van der Waals surface area contributed by atoms with Crippen LogP contribution in [-0.4, -0.2) is 9.78 Å². The first kappa shape index (κ1) is 19.8. The van der Waals surface area contributed by atoms with Crippen molar-refractivity contribution in [3.63, 3.8) is 0 Å². The number of nitrogens with zero attached hydrogens (tertiary/aromatic N) is 3. The van der Waals surface area contributed by atoms with E-state index in [0.717, 1.165) is 11.4 Å². The van der Waals surface area contributed by atoms with Crippen LogP contribution in [0.2, 0.25) is 0 Å². The second-order valence-corrected chi connectivity index (χ2v) is 9.12. The molecule has 0 saturated heterocycles. The minimum Gasteiger partial charge on any atom is -0.262 e. The Bertz CT molecular complexity index is 1140. The van der Waals surface area contributed by atoms with Crippen molar-refractivity contribution in [3.8, 4) is 21.8 Å². The van der Waals surface area contributed by atoms with Gasteiger partial charge in [0.05, 0.1) is 11.1 Å². The predicted molar refractivity (Wildman–Crippen MR) is 123 cm³/mol. The van der Waals surface area contributed by atoms with Crippen LogP contribution in [0.15, 0.2) is 48.7 Å². The van der Waals surface area contributed by atoms with E-state index in [-0.39, 0.29) is 0 Å². The summed E-state index contributed by atoms with van der Waals surface area (Å²) in [5, 5.41) is 7.10. The molecule has 0 unspecified atom stereocenters. The first-order valence-electron chi connectivity index (χ1n) is 10.6. The van der Waals surface area contributed by atoms with Gasteiger partial charge < -0.3 is 0 Å². The second kappa shape index (κ2) is 8.50. The molecule has 0 saturated carbocycles. The summed E-state index contributed by atoms with van der Waals surface area (Å²) in [6.07, 6.45) is 8.61. The van der Waals surface area contributed by atoms with Crippen LogP contribution < -0.4 is 4.57 Å². The van der Waals surface area contributed by atoms with E-state index in [9.17, 15) is 0 Å². The third-order valence-corrected chi connectivity index (χ3v) is 6.80. The molecule has 4 aromatic rings. The van der Waals surface area contributed by atoms with Crippen LogP contribution in [-0.2, 0) is 20.5 Å². The minimum atomic E-state index is 1.04. The standard InChI is InChI=1S/C25H30N3S/c1-5-6-7-8-9-21-12-13-24(29-21)20-11-10-19-14-15-27(3)25(22(19)17-20)23-16-18(2)26-28(23)4/h10-17H,5-9H2,1-4H3/q+1. The Kier molecular flexibility index (Phi) is 5.81. The van der Waals surface area contributed by atoms with Crippen LogP contribution in [0.1, 0.15) is 43.2 Å². The summed E-state index contributed by atoms with van der Waals surface area (Å²) in [6, 6.07) is 15.8. The van der Waals surface area contributed by atoms with Gasteiger partial charge in [0.15, 0.2) is 6.20 Å². The molecule has 0 aliphatic carbocycles. The molecule has 4 rings (SSSR count). The lowest BCUT2D eigenvalue weighted by molar-refractivity contribution is -0.659. The average molecular weight is 405 g/mol. The van der Waals surface area contributed by atoms with Gasteiger partial charge in [-0.25, -0.2) is 0 Å². The average Bonchev–Trinajstić information content (AvgIpc) is 3.31. The number of unbranched alkanes of at least 4 members (excludes halogenated alkanes) is 3. The van der Waals surface area contributed by atoms with E-state index in [1.807, 2.05) is 30.0 Å². The maximum absolute atomic E-state index is 4.57. The fourth-order valence-electron chi connectivity index (χ4n) is 4.06. The van der Waals surface area contributed by atoms with Crippen LogP contribution in [0.5, 0.6) is 0 Å². The van der Waals surface area contributed by atoms with Crippen molar-refractivity contribution in [2.45, 2.75) is 46.0 Å². The third kappa shape index (κ3) is 4.13. The molecule has 4 heteroatoms. The molecule has 0 fully saturated rings. The Hall–Kier alpha value is -2.46. The molecular formula is C25H30N3S+. The zero-order valence-electron chi connectivity index (χ0n) is 17.9. The van der Waals surface area contributed by atoms with E-state index >= 15 is 0 Å². The monoisotopic (exact) mass is 404 g/mol. The van der Waals surface area contributed by atoms with Gasteiger partial charge in [-0.3, -0.25) is 4.68 Å². The maximum atomic E-state index is 4.57. The highest BCUT2D eigenvalue weighted by atomic mass is 32.1. The fourth-order valence-corrected chi connectivity index (χ4v) is 5.11. The van der Waals surface area contributed by atoms with Crippen molar-refractivity contribution >= 4 is 22.1 Å². The summed E-state index contributed by atoms with van der Waals surface area (Å²) in [4.78, 5) is 2.85. The highest BCUT2D eigenvalue weighted by Gasteiger charge is 2.19. The highest BCUT2D eigenvalue weighted by Crippen LogP contribution is 2.33. The molecule has 1 aromatic carbocycles. The van der Waals surface area contributed by atoms with E-state index < -0.39 is 0 Å². The largest absolute Gasteiger partial charge is 0.262 e. The summed E-state index contributed by atoms with van der Waals surface area (Å²) in [7, 11) is 4.14. The lowest BCUT2D eigenvalue weighted by Gasteiger charge is -2.07. The number of aromatic nitrogens is 3. The van der Waals surface area contributed by atoms with Crippen LogP contribution in [0.25, 0.3) is 32.6 Å². The van der Waals surface area contributed by atoms with E-state index in [4.69, 9.17) is 0 Å². The molecular weight excluding hydrogens is 374 g/mol. The van der Waals surface area contributed by atoms with Crippen LogP contribution in [0, 0.1) is 6.92 Å². The van der Waals surface area contributed by atoms with Gasteiger partial charge in [0.1, 0.15) is 12.7 Å². The van der Waals surface area contributed by atoms with Gasteiger partial charge in [-0.1, -0.05) is 38.3 Å². The van der Waals surface area contributed by atoms with Crippen molar-refractivity contribution < 1.29 is 4.57 Å². The number of rotatable bonds is 7. The maximum Gasteiger partial charge on any atom is 0.238 e. The molecule has 29 heavy (non-hydrogen) atoms. The van der Waals surface area contributed by atoms with E-state index in [1.54, 1.807) is 0 Å². The van der Waals surface area contributed by atoms with E-state index in [2.05, 4.69) is 72.3 Å². The number of thiophene rings is 1. The zero-order valence-corrected chi connectivity index (χ0v) is 18.7. The molecule has 0 amide bonds.